The first kappa shape index (κ1) is 17.7. The van der Waals surface area contributed by atoms with Gasteiger partial charge in [0.1, 0.15) is 17.8 Å². The Morgan fingerprint density at radius 2 is 2.08 bits per heavy atom. The highest BCUT2D eigenvalue weighted by molar-refractivity contribution is 5.91. The van der Waals surface area contributed by atoms with Gasteiger partial charge in [-0.3, -0.25) is 9.48 Å². The fourth-order valence-electron chi connectivity index (χ4n) is 2.48. The highest BCUT2D eigenvalue weighted by Crippen LogP contribution is 2.15. The van der Waals surface area contributed by atoms with Gasteiger partial charge in [0.2, 0.25) is 5.89 Å². The third-order valence-corrected chi connectivity index (χ3v) is 3.82. The Hall–Kier alpha value is -3.16. The van der Waals surface area contributed by atoms with Gasteiger partial charge in [-0.05, 0) is 31.2 Å². The first-order chi connectivity index (χ1) is 12.4. The summed E-state index contributed by atoms with van der Waals surface area (Å²) in [5, 5.41) is 4.26. The molecule has 0 saturated carbocycles. The van der Waals surface area contributed by atoms with Crippen molar-refractivity contribution in [1.82, 2.24) is 19.7 Å². The summed E-state index contributed by atoms with van der Waals surface area (Å²) in [6.07, 6.45) is 3.18. The molecule has 1 amide bonds. The zero-order valence-electron chi connectivity index (χ0n) is 14.8. The van der Waals surface area contributed by atoms with Crippen LogP contribution in [0.15, 0.2) is 41.1 Å². The third-order valence-electron chi connectivity index (χ3n) is 3.82. The van der Waals surface area contributed by atoms with E-state index in [-0.39, 0.29) is 29.9 Å². The number of aryl methyl sites for hydroxylation is 2. The minimum Gasteiger partial charge on any atom is -0.484 e. The van der Waals surface area contributed by atoms with E-state index in [0.717, 1.165) is 11.3 Å². The molecule has 0 N–H and O–H groups in total. The second kappa shape index (κ2) is 7.38. The summed E-state index contributed by atoms with van der Waals surface area (Å²) in [7, 11) is 3.53. The lowest BCUT2D eigenvalue weighted by Crippen LogP contribution is -2.26. The van der Waals surface area contributed by atoms with Gasteiger partial charge in [-0.25, -0.2) is 9.37 Å². The zero-order chi connectivity index (χ0) is 18.7. The SMILES string of the molecule is Cc1nn(C)cc1CN(C)C(=O)c1coc(COc2ccc(F)cc2)n1. The van der Waals surface area contributed by atoms with Crippen molar-refractivity contribution in [2.75, 3.05) is 7.05 Å². The average molecular weight is 358 g/mol. The molecule has 0 atom stereocenters. The molecule has 0 radical (unpaired) electrons. The molecule has 1 aromatic carbocycles. The van der Waals surface area contributed by atoms with Gasteiger partial charge in [-0.2, -0.15) is 5.10 Å². The highest BCUT2D eigenvalue weighted by Gasteiger charge is 2.18. The van der Waals surface area contributed by atoms with Gasteiger partial charge in [0.25, 0.3) is 5.91 Å². The molecular weight excluding hydrogens is 339 g/mol. The topological polar surface area (TPSA) is 73.4 Å². The third kappa shape index (κ3) is 4.08. The number of ether oxygens (including phenoxy) is 1. The van der Waals surface area contributed by atoms with E-state index >= 15 is 0 Å². The Bertz CT molecular complexity index is 902. The van der Waals surface area contributed by atoms with Crippen LogP contribution in [0.2, 0.25) is 0 Å². The first-order valence-electron chi connectivity index (χ1n) is 7.99. The molecule has 0 fully saturated rings. The summed E-state index contributed by atoms with van der Waals surface area (Å²) < 4.78 is 25.3. The second-order valence-corrected chi connectivity index (χ2v) is 5.94. The van der Waals surface area contributed by atoms with E-state index in [4.69, 9.17) is 9.15 Å². The van der Waals surface area contributed by atoms with Crippen molar-refractivity contribution in [1.29, 1.82) is 0 Å². The van der Waals surface area contributed by atoms with Crippen LogP contribution >= 0.6 is 0 Å². The van der Waals surface area contributed by atoms with Crippen LogP contribution in [0.5, 0.6) is 5.75 Å². The summed E-state index contributed by atoms with van der Waals surface area (Å²) >= 11 is 0. The molecule has 0 aliphatic heterocycles. The lowest BCUT2D eigenvalue weighted by molar-refractivity contribution is 0.0779. The normalized spacial score (nSPS) is 10.8. The van der Waals surface area contributed by atoms with Crippen molar-refractivity contribution >= 4 is 5.91 Å². The molecule has 136 valence electrons. The van der Waals surface area contributed by atoms with Crippen molar-refractivity contribution < 1.29 is 18.3 Å². The van der Waals surface area contributed by atoms with Gasteiger partial charge in [0.05, 0.1) is 5.69 Å². The number of aromatic nitrogens is 3. The van der Waals surface area contributed by atoms with Crippen LogP contribution in [0, 0.1) is 12.7 Å². The van der Waals surface area contributed by atoms with Crippen molar-refractivity contribution in [2.24, 2.45) is 7.05 Å². The predicted octanol–water partition coefficient (Wildman–Crippen LogP) is 2.71. The van der Waals surface area contributed by atoms with Gasteiger partial charge >= 0.3 is 0 Å². The van der Waals surface area contributed by atoms with E-state index in [0.29, 0.717) is 12.3 Å². The van der Waals surface area contributed by atoms with E-state index < -0.39 is 0 Å². The maximum atomic E-state index is 12.9. The molecule has 0 unspecified atom stereocenters. The van der Waals surface area contributed by atoms with Gasteiger partial charge < -0.3 is 14.1 Å². The summed E-state index contributed by atoms with van der Waals surface area (Å²) in [6, 6.07) is 5.62. The maximum absolute atomic E-state index is 12.9. The van der Waals surface area contributed by atoms with Crippen molar-refractivity contribution in [3.8, 4) is 5.75 Å². The van der Waals surface area contributed by atoms with E-state index in [1.54, 1.807) is 16.6 Å². The Labute approximate surface area is 150 Å². The fraction of sp³-hybridized carbons (Fsp3) is 0.278. The van der Waals surface area contributed by atoms with Crippen LogP contribution in [0.3, 0.4) is 0 Å². The number of benzene rings is 1. The quantitative estimate of drug-likeness (QED) is 0.677. The molecule has 26 heavy (non-hydrogen) atoms. The van der Waals surface area contributed by atoms with Crippen LogP contribution < -0.4 is 4.74 Å². The van der Waals surface area contributed by atoms with Gasteiger partial charge in [0.15, 0.2) is 12.3 Å². The molecule has 2 heterocycles. The molecule has 3 rings (SSSR count). The number of nitrogens with zero attached hydrogens (tertiary/aromatic N) is 4. The molecule has 3 aromatic rings. The van der Waals surface area contributed by atoms with E-state index in [2.05, 4.69) is 10.1 Å². The summed E-state index contributed by atoms with van der Waals surface area (Å²) in [5.74, 6) is 0.156. The Morgan fingerprint density at radius 1 is 1.35 bits per heavy atom. The molecular formula is C18H19FN4O3. The van der Waals surface area contributed by atoms with Crippen molar-refractivity contribution in [3.63, 3.8) is 0 Å². The van der Waals surface area contributed by atoms with Gasteiger partial charge in [-0.15, -0.1) is 0 Å². The molecule has 0 bridgehead atoms. The van der Waals surface area contributed by atoms with E-state index in [9.17, 15) is 9.18 Å². The number of hydrogen-bond donors (Lipinski definition) is 0. The van der Waals surface area contributed by atoms with Gasteiger partial charge in [-0.1, -0.05) is 0 Å². The smallest absolute Gasteiger partial charge is 0.275 e. The highest BCUT2D eigenvalue weighted by atomic mass is 19.1. The second-order valence-electron chi connectivity index (χ2n) is 5.94. The fourth-order valence-corrected chi connectivity index (χ4v) is 2.48. The molecule has 2 aromatic heterocycles. The summed E-state index contributed by atoms with van der Waals surface area (Å²) in [4.78, 5) is 18.2. The van der Waals surface area contributed by atoms with E-state index in [1.807, 2.05) is 20.2 Å². The number of carbonyl (C=O) groups excluding carboxylic acids is 1. The van der Waals surface area contributed by atoms with Crippen LogP contribution in [0.4, 0.5) is 4.39 Å². The summed E-state index contributed by atoms with van der Waals surface area (Å²) in [6.45, 7) is 2.37. The van der Waals surface area contributed by atoms with Crippen LogP contribution in [-0.2, 0) is 20.2 Å². The van der Waals surface area contributed by atoms with E-state index in [1.165, 1.54) is 30.5 Å². The number of halogens is 1. The Kier molecular flexibility index (Phi) is 5.01. The Morgan fingerprint density at radius 3 is 2.73 bits per heavy atom. The number of amides is 1. The molecule has 8 heteroatoms. The van der Waals surface area contributed by atoms with Crippen molar-refractivity contribution in [2.45, 2.75) is 20.1 Å². The summed E-state index contributed by atoms with van der Waals surface area (Å²) in [5.41, 5.74) is 2.04. The largest absolute Gasteiger partial charge is 0.484 e. The minimum atomic E-state index is -0.340. The lowest BCUT2D eigenvalue weighted by atomic mass is 10.2. The monoisotopic (exact) mass is 358 g/mol. The number of carbonyl (C=O) groups is 1. The van der Waals surface area contributed by atoms with Crippen LogP contribution in [-0.4, -0.2) is 32.6 Å². The molecule has 0 aliphatic carbocycles. The van der Waals surface area contributed by atoms with Crippen LogP contribution in [0.25, 0.3) is 0 Å². The standard InChI is InChI=1S/C18H19FN4O3/c1-12-13(9-23(3)21-12)8-22(2)18(24)16-10-26-17(20-16)11-25-15-6-4-14(19)5-7-15/h4-7,9-10H,8,11H2,1-3H3. The zero-order valence-corrected chi connectivity index (χ0v) is 14.8. The first-order valence-corrected chi connectivity index (χ1v) is 7.99. The molecule has 0 spiro atoms. The predicted molar refractivity (Wildman–Crippen MR) is 91.0 cm³/mol. The Balaban J connectivity index is 1.60. The maximum Gasteiger partial charge on any atom is 0.275 e. The molecule has 0 saturated heterocycles. The molecule has 7 nitrogen and oxygen atoms in total. The van der Waals surface area contributed by atoms with Crippen molar-refractivity contribution in [3.05, 3.63) is 65.4 Å². The number of hydrogen-bond acceptors (Lipinski definition) is 5. The number of rotatable bonds is 6. The molecule has 0 aliphatic rings. The van der Waals surface area contributed by atoms with Crippen LogP contribution in [0.1, 0.15) is 27.6 Å². The average Bonchev–Trinajstić information content (AvgIpc) is 3.20. The lowest BCUT2D eigenvalue weighted by Gasteiger charge is -2.14. The minimum absolute atomic E-state index is 0.0460. The number of oxazole rings is 1. The van der Waals surface area contributed by atoms with Gasteiger partial charge in [0, 0.05) is 32.4 Å².